The van der Waals surface area contributed by atoms with Crippen molar-refractivity contribution in [1.82, 2.24) is 10.2 Å². The van der Waals surface area contributed by atoms with E-state index in [9.17, 15) is 0 Å². The van der Waals surface area contributed by atoms with Crippen molar-refractivity contribution < 1.29 is 0 Å². The number of benzene rings is 2. The third kappa shape index (κ3) is 2.69. The standard InChI is InChI=1S/C16H13BrClN3/c1-9-5-6-13(17)12(7-9)15-14(16(19)21-20-15)10-3-2-4-11(18)8-10/h2-8H,1H3,(H3,19,20,21). The zero-order valence-corrected chi connectivity index (χ0v) is 13.7. The lowest BCUT2D eigenvalue weighted by atomic mass is 10.00. The van der Waals surface area contributed by atoms with Crippen molar-refractivity contribution in [3.05, 3.63) is 57.5 Å². The first-order valence-corrected chi connectivity index (χ1v) is 7.59. The Morgan fingerprint density at radius 2 is 2.00 bits per heavy atom. The van der Waals surface area contributed by atoms with E-state index in [2.05, 4.69) is 39.1 Å². The second kappa shape index (κ2) is 5.54. The number of anilines is 1. The minimum absolute atomic E-state index is 0.459. The molecule has 106 valence electrons. The van der Waals surface area contributed by atoms with Gasteiger partial charge in [-0.25, -0.2) is 0 Å². The molecule has 0 aliphatic rings. The van der Waals surface area contributed by atoms with Crippen LogP contribution in [0.4, 0.5) is 5.82 Å². The third-order valence-electron chi connectivity index (χ3n) is 3.30. The lowest BCUT2D eigenvalue weighted by Crippen LogP contribution is -1.89. The van der Waals surface area contributed by atoms with Gasteiger partial charge in [0, 0.05) is 15.1 Å². The largest absolute Gasteiger partial charge is 0.382 e. The first kappa shape index (κ1) is 14.2. The smallest absolute Gasteiger partial charge is 0.153 e. The predicted molar refractivity (Wildman–Crippen MR) is 91.3 cm³/mol. The van der Waals surface area contributed by atoms with E-state index in [-0.39, 0.29) is 0 Å². The van der Waals surface area contributed by atoms with E-state index < -0.39 is 0 Å². The predicted octanol–water partition coefficient (Wildman–Crippen LogP) is 5.05. The molecule has 3 N–H and O–H groups in total. The number of rotatable bonds is 2. The fraction of sp³-hybridized carbons (Fsp3) is 0.0625. The van der Waals surface area contributed by atoms with Gasteiger partial charge in [0.05, 0.1) is 11.3 Å². The number of hydrogen-bond acceptors (Lipinski definition) is 2. The fourth-order valence-corrected chi connectivity index (χ4v) is 2.95. The molecule has 0 amide bonds. The SMILES string of the molecule is Cc1ccc(Br)c(-c2[nH]nc(N)c2-c2cccc(Cl)c2)c1. The average molecular weight is 363 g/mol. The summed E-state index contributed by atoms with van der Waals surface area (Å²) in [5.41, 5.74) is 10.9. The quantitative estimate of drug-likeness (QED) is 0.670. The van der Waals surface area contributed by atoms with E-state index in [1.165, 1.54) is 5.56 Å². The van der Waals surface area contributed by atoms with Crippen LogP contribution in [-0.2, 0) is 0 Å². The Morgan fingerprint density at radius 1 is 1.19 bits per heavy atom. The Kier molecular flexibility index (Phi) is 3.74. The molecule has 0 spiro atoms. The zero-order valence-electron chi connectivity index (χ0n) is 11.3. The maximum absolute atomic E-state index is 6.09. The van der Waals surface area contributed by atoms with Crippen molar-refractivity contribution >= 4 is 33.3 Å². The summed E-state index contributed by atoms with van der Waals surface area (Å²) < 4.78 is 0.986. The maximum atomic E-state index is 6.09. The number of nitrogens with zero attached hydrogens (tertiary/aromatic N) is 1. The first-order chi connectivity index (χ1) is 10.1. The van der Waals surface area contributed by atoms with Crippen LogP contribution in [0.5, 0.6) is 0 Å². The van der Waals surface area contributed by atoms with Crippen LogP contribution >= 0.6 is 27.5 Å². The summed E-state index contributed by atoms with van der Waals surface area (Å²) in [7, 11) is 0. The highest BCUT2D eigenvalue weighted by Crippen LogP contribution is 2.38. The van der Waals surface area contributed by atoms with E-state index in [1.807, 2.05) is 36.4 Å². The molecule has 3 aromatic rings. The van der Waals surface area contributed by atoms with Gasteiger partial charge in [0.1, 0.15) is 0 Å². The van der Waals surface area contributed by atoms with Gasteiger partial charge < -0.3 is 5.73 Å². The molecule has 5 heteroatoms. The molecule has 0 atom stereocenters. The minimum Gasteiger partial charge on any atom is -0.382 e. The van der Waals surface area contributed by atoms with Crippen LogP contribution in [0.1, 0.15) is 5.56 Å². The molecule has 0 radical (unpaired) electrons. The summed E-state index contributed by atoms with van der Waals surface area (Å²) in [5, 5.41) is 7.86. The summed E-state index contributed by atoms with van der Waals surface area (Å²) in [4.78, 5) is 0. The van der Waals surface area contributed by atoms with Gasteiger partial charge in [0.2, 0.25) is 0 Å². The summed E-state index contributed by atoms with van der Waals surface area (Å²) in [6, 6.07) is 13.7. The molecule has 3 nitrogen and oxygen atoms in total. The maximum Gasteiger partial charge on any atom is 0.153 e. The van der Waals surface area contributed by atoms with Crippen molar-refractivity contribution in [1.29, 1.82) is 0 Å². The number of nitrogens with two attached hydrogens (primary N) is 1. The van der Waals surface area contributed by atoms with Gasteiger partial charge in [0.25, 0.3) is 0 Å². The van der Waals surface area contributed by atoms with Crippen LogP contribution in [0.15, 0.2) is 46.9 Å². The molecular weight excluding hydrogens is 350 g/mol. The number of nitrogen functional groups attached to an aromatic ring is 1. The zero-order chi connectivity index (χ0) is 15.0. The number of nitrogens with one attached hydrogen (secondary N) is 1. The molecular formula is C16H13BrClN3. The summed E-state index contributed by atoms with van der Waals surface area (Å²) in [6.07, 6.45) is 0. The Morgan fingerprint density at radius 3 is 2.76 bits per heavy atom. The van der Waals surface area contributed by atoms with Gasteiger partial charge in [-0.3, -0.25) is 5.10 Å². The van der Waals surface area contributed by atoms with Gasteiger partial charge >= 0.3 is 0 Å². The Bertz CT molecular complexity index is 811. The second-order valence-corrected chi connectivity index (χ2v) is 6.14. The lowest BCUT2D eigenvalue weighted by molar-refractivity contribution is 1.10. The molecule has 0 aliphatic carbocycles. The monoisotopic (exact) mass is 361 g/mol. The van der Waals surface area contributed by atoms with Crippen LogP contribution in [0.3, 0.4) is 0 Å². The summed E-state index contributed by atoms with van der Waals surface area (Å²) in [6.45, 7) is 2.05. The van der Waals surface area contributed by atoms with Crippen LogP contribution in [0, 0.1) is 6.92 Å². The molecule has 1 heterocycles. The normalized spacial score (nSPS) is 10.8. The lowest BCUT2D eigenvalue weighted by Gasteiger charge is -2.08. The Labute approximate surface area is 136 Å². The second-order valence-electron chi connectivity index (χ2n) is 4.85. The van der Waals surface area contributed by atoms with E-state index in [0.717, 1.165) is 26.9 Å². The van der Waals surface area contributed by atoms with Crippen molar-refractivity contribution in [3.8, 4) is 22.4 Å². The highest BCUT2D eigenvalue weighted by atomic mass is 79.9. The van der Waals surface area contributed by atoms with E-state index in [0.29, 0.717) is 10.8 Å². The fourth-order valence-electron chi connectivity index (χ4n) is 2.32. The molecule has 2 aromatic carbocycles. The Hall–Kier alpha value is -1.78. The topological polar surface area (TPSA) is 54.7 Å². The number of halogens is 2. The van der Waals surface area contributed by atoms with E-state index in [1.54, 1.807) is 0 Å². The van der Waals surface area contributed by atoms with Crippen molar-refractivity contribution in [3.63, 3.8) is 0 Å². The number of aromatic amines is 1. The van der Waals surface area contributed by atoms with Crippen molar-refractivity contribution in [2.45, 2.75) is 6.92 Å². The number of aromatic nitrogens is 2. The van der Waals surface area contributed by atoms with Crippen LogP contribution < -0.4 is 5.73 Å². The average Bonchev–Trinajstić information content (AvgIpc) is 2.83. The molecule has 0 aliphatic heterocycles. The number of hydrogen-bond donors (Lipinski definition) is 2. The van der Waals surface area contributed by atoms with Gasteiger partial charge in [-0.1, -0.05) is 51.3 Å². The summed E-state index contributed by atoms with van der Waals surface area (Å²) in [5.74, 6) is 0.459. The van der Waals surface area contributed by atoms with Crippen LogP contribution in [0.2, 0.25) is 5.02 Å². The molecule has 0 bridgehead atoms. The molecule has 0 saturated heterocycles. The van der Waals surface area contributed by atoms with E-state index in [4.69, 9.17) is 17.3 Å². The van der Waals surface area contributed by atoms with Crippen LogP contribution in [0.25, 0.3) is 22.4 Å². The minimum atomic E-state index is 0.459. The van der Waals surface area contributed by atoms with Crippen molar-refractivity contribution in [2.24, 2.45) is 0 Å². The molecule has 21 heavy (non-hydrogen) atoms. The molecule has 1 aromatic heterocycles. The van der Waals surface area contributed by atoms with Crippen LogP contribution in [-0.4, -0.2) is 10.2 Å². The first-order valence-electron chi connectivity index (χ1n) is 6.42. The van der Waals surface area contributed by atoms with Gasteiger partial charge in [-0.2, -0.15) is 5.10 Å². The molecule has 0 fully saturated rings. The Balaban J connectivity index is 2.24. The number of H-pyrrole nitrogens is 1. The number of aryl methyl sites for hydroxylation is 1. The van der Waals surface area contributed by atoms with E-state index >= 15 is 0 Å². The molecule has 3 rings (SSSR count). The highest BCUT2D eigenvalue weighted by Gasteiger charge is 2.17. The molecule has 0 unspecified atom stereocenters. The third-order valence-corrected chi connectivity index (χ3v) is 4.23. The van der Waals surface area contributed by atoms with Crippen molar-refractivity contribution in [2.75, 3.05) is 5.73 Å². The van der Waals surface area contributed by atoms with Gasteiger partial charge in [0.15, 0.2) is 5.82 Å². The molecule has 0 saturated carbocycles. The van der Waals surface area contributed by atoms with Gasteiger partial charge in [-0.15, -0.1) is 0 Å². The summed E-state index contributed by atoms with van der Waals surface area (Å²) >= 11 is 9.67. The highest BCUT2D eigenvalue weighted by molar-refractivity contribution is 9.10. The van der Waals surface area contributed by atoms with Gasteiger partial charge in [-0.05, 0) is 36.8 Å².